The molecule has 3 rings (SSSR count). The number of benzene rings is 2. The largest absolute Gasteiger partial charge is 0.497 e. The van der Waals surface area contributed by atoms with E-state index in [1.807, 2.05) is 56.3 Å². The zero-order valence-electron chi connectivity index (χ0n) is 15.0. The second-order valence-corrected chi connectivity index (χ2v) is 6.55. The van der Waals surface area contributed by atoms with Crippen LogP contribution in [-0.2, 0) is 6.42 Å². The van der Waals surface area contributed by atoms with Crippen LogP contribution in [0.1, 0.15) is 35.3 Å². The first-order chi connectivity index (χ1) is 11.9. The average molecular weight is 338 g/mol. The van der Waals surface area contributed by atoms with E-state index in [0.29, 0.717) is 11.3 Å². The van der Waals surface area contributed by atoms with Crippen LogP contribution in [0.15, 0.2) is 42.5 Å². The zero-order valence-corrected chi connectivity index (χ0v) is 15.0. The minimum absolute atomic E-state index is 0.00821. The third-order valence-corrected chi connectivity index (χ3v) is 4.18. The van der Waals surface area contributed by atoms with Gasteiger partial charge < -0.3 is 14.2 Å². The smallest absolute Gasteiger partial charge is 0.170 e. The average Bonchev–Trinajstić information content (AvgIpc) is 2.59. The van der Waals surface area contributed by atoms with Crippen LogP contribution in [0.2, 0.25) is 0 Å². The molecule has 0 N–H and O–H groups in total. The van der Waals surface area contributed by atoms with Crippen LogP contribution in [0.25, 0.3) is 6.08 Å². The first-order valence-electron chi connectivity index (χ1n) is 8.19. The minimum atomic E-state index is -0.371. The summed E-state index contributed by atoms with van der Waals surface area (Å²) in [5.74, 6) is 2.01. The third kappa shape index (κ3) is 3.53. The lowest BCUT2D eigenvalue weighted by Gasteiger charge is -2.29. The molecule has 0 unspecified atom stereocenters. The van der Waals surface area contributed by atoms with Gasteiger partial charge in [0, 0.05) is 6.42 Å². The topological polar surface area (TPSA) is 44.8 Å². The molecule has 1 aliphatic rings. The maximum absolute atomic E-state index is 12.8. The standard InChI is InChI=1S/C21H22O4/c1-21(2)11-10-17-19(25-21)9-8-16(20(17)24-4)18(22)13-14-6-5-7-15(12-14)23-3/h5-12H,13H2,1-4H3. The molecule has 0 fully saturated rings. The van der Waals surface area contributed by atoms with Gasteiger partial charge in [0.1, 0.15) is 22.8 Å². The molecule has 1 aliphatic heterocycles. The van der Waals surface area contributed by atoms with Crippen molar-refractivity contribution >= 4 is 11.9 Å². The van der Waals surface area contributed by atoms with E-state index in [0.717, 1.165) is 22.6 Å². The fourth-order valence-corrected chi connectivity index (χ4v) is 2.93. The highest BCUT2D eigenvalue weighted by Gasteiger charge is 2.26. The molecule has 0 saturated heterocycles. The number of hydrogen-bond acceptors (Lipinski definition) is 4. The molecule has 0 amide bonds. The van der Waals surface area contributed by atoms with Crippen molar-refractivity contribution in [3.05, 3.63) is 59.2 Å². The maximum Gasteiger partial charge on any atom is 0.170 e. The molecule has 25 heavy (non-hydrogen) atoms. The van der Waals surface area contributed by atoms with Gasteiger partial charge in [0.15, 0.2) is 5.78 Å². The Kier molecular flexibility index (Phi) is 4.53. The van der Waals surface area contributed by atoms with Gasteiger partial charge in [0.2, 0.25) is 0 Å². The van der Waals surface area contributed by atoms with E-state index < -0.39 is 0 Å². The van der Waals surface area contributed by atoms with Crippen molar-refractivity contribution in [2.75, 3.05) is 14.2 Å². The number of rotatable bonds is 5. The predicted molar refractivity (Wildman–Crippen MR) is 97.8 cm³/mol. The van der Waals surface area contributed by atoms with Crippen LogP contribution in [-0.4, -0.2) is 25.6 Å². The Morgan fingerprint density at radius 3 is 2.64 bits per heavy atom. The molecule has 4 nitrogen and oxygen atoms in total. The lowest BCUT2D eigenvalue weighted by molar-refractivity contribution is 0.0989. The Labute approximate surface area is 148 Å². The van der Waals surface area contributed by atoms with E-state index in [2.05, 4.69) is 0 Å². The van der Waals surface area contributed by atoms with Gasteiger partial charge in [-0.1, -0.05) is 12.1 Å². The number of ether oxygens (including phenoxy) is 3. The number of fused-ring (bicyclic) bond motifs is 1. The lowest BCUT2D eigenvalue weighted by atomic mass is 9.96. The Morgan fingerprint density at radius 2 is 1.92 bits per heavy atom. The van der Waals surface area contributed by atoms with Gasteiger partial charge in [-0.2, -0.15) is 0 Å². The second kappa shape index (κ2) is 6.63. The molecule has 0 bridgehead atoms. The summed E-state index contributed by atoms with van der Waals surface area (Å²) in [6, 6.07) is 11.1. The molecule has 130 valence electrons. The van der Waals surface area contributed by atoms with Crippen LogP contribution in [0.4, 0.5) is 0 Å². The number of Topliss-reactive ketones (excluding diaryl/α,β-unsaturated/α-hetero) is 1. The highest BCUT2D eigenvalue weighted by atomic mass is 16.5. The molecular weight excluding hydrogens is 316 g/mol. The minimum Gasteiger partial charge on any atom is -0.497 e. The Balaban J connectivity index is 1.93. The van der Waals surface area contributed by atoms with Crippen molar-refractivity contribution in [2.45, 2.75) is 25.9 Å². The summed E-state index contributed by atoms with van der Waals surface area (Å²) in [4.78, 5) is 12.8. The van der Waals surface area contributed by atoms with Gasteiger partial charge in [0.05, 0.1) is 25.3 Å². The summed E-state index contributed by atoms with van der Waals surface area (Å²) in [5, 5.41) is 0. The molecule has 0 aromatic heterocycles. The highest BCUT2D eigenvalue weighted by Crippen LogP contribution is 2.39. The van der Waals surface area contributed by atoms with Crippen molar-refractivity contribution in [3.63, 3.8) is 0 Å². The van der Waals surface area contributed by atoms with Crippen molar-refractivity contribution < 1.29 is 19.0 Å². The van der Waals surface area contributed by atoms with Gasteiger partial charge in [-0.25, -0.2) is 0 Å². The maximum atomic E-state index is 12.8. The van der Waals surface area contributed by atoms with E-state index >= 15 is 0 Å². The molecule has 2 aromatic carbocycles. The van der Waals surface area contributed by atoms with Crippen LogP contribution < -0.4 is 14.2 Å². The number of ketones is 1. The summed E-state index contributed by atoms with van der Waals surface area (Å²) >= 11 is 0. The van der Waals surface area contributed by atoms with E-state index in [1.54, 1.807) is 20.3 Å². The third-order valence-electron chi connectivity index (χ3n) is 4.18. The van der Waals surface area contributed by atoms with Crippen molar-refractivity contribution in [1.82, 2.24) is 0 Å². The molecule has 2 aromatic rings. The van der Waals surface area contributed by atoms with Crippen molar-refractivity contribution in [1.29, 1.82) is 0 Å². The summed E-state index contributed by atoms with van der Waals surface area (Å²) < 4.78 is 16.7. The van der Waals surface area contributed by atoms with E-state index in [1.165, 1.54) is 0 Å². The summed E-state index contributed by atoms with van der Waals surface area (Å²) in [5.41, 5.74) is 1.89. The first kappa shape index (κ1) is 17.1. The van der Waals surface area contributed by atoms with Crippen molar-refractivity contribution in [3.8, 4) is 17.2 Å². The monoisotopic (exact) mass is 338 g/mol. The molecule has 0 atom stereocenters. The van der Waals surface area contributed by atoms with E-state index in [9.17, 15) is 4.79 Å². The Morgan fingerprint density at radius 1 is 1.12 bits per heavy atom. The fraction of sp³-hybridized carbons (Fsp3) is 0.286. The summed E-state index contributed by atoms with van der Waals surface area (Å²) in [6.45, 7) is 3.97. The molecule has 0 saturated carbocycles. The number of carbonyl (C=O) groups is 1. The van der Waals surface area contributed by atoms with E-state index in [-0.39, 0.29) is 17.8 Å². The highest BCUT2D eigenvalue weighted by molar-refractivity contribution is 6.01. The van der Waals surface area contributed by atoms with Gasteiger partial charge in [-0.15, -0.1) is 0 Å². The van der Waals surface area contributed by atoms with Gasteiger partial charge >= 0.3 is 0 Å². The molecular formula is C21H22O4. The van der Waals surface area contributed by atoms with Crippen LogP contribution in [0.5, 0.6) is 17.2 Å². The van der Waals surface area contributed by atoms with Gasteiger partial charge in [-0.05, 0) is 55.8 Å². The molecule has 1 heterocycles. The summed E-state index contributed by atoms with van der Waals surface area (Å²) in [6.07, 6.45) is 4.20. The van der Waals surface area contributed by atoms with Crippen LogP contribution in [0, 0.1) is 0 Å². The molecule has 0 radical (unpaired) electrons. The quantitative estimate of drug-likeness (QED) is 0.762. The Hall–Kier alpha value is -2.75. The fourth-order valence-electron chi connectivity index (χ4n) is 2.93. The van der Waals surface area contributed by atoms with Crippen molar-refractivity contribution in [2.24, 2.45) is 0 Å². The zero-order chi connectivity index (χ0) is 18.0. The van der Waals surface area contributed by atoms with E-state index in [4.69, 9.17) is 14.2 Å². The number of hydrogen-bond donors (Lipinski definition) is 0. The number of carbonyl (C=O) groups excluding carboxylic acids is 1. The number of methoxy groups -OCH3 is 2. The van der Waals surface area contributed by atoms with Gasteiger partial charge in [0.25, 0.3) is 0 Å². The SMILES string of the molecule is COc1cccc(CC(=O)c2ccc3c(c2OC)C=CC(C)(C)O3)c1. The van der Waals surface area contributed by atoms with Crippen LogP contribution >= 0.6 is 0 Å². The first-order valence-corrected chi connectivity index (χ1v) is 8.19. The predicted octanol–water partition coefficient (Wildman–Crippen LogP) is 4.31. The molecule has 0 aliphatic carbocycles. The molecule has 0 spiro atoms. The van der Waals surface area contributed by atoms with Gasteiger partial charge in [-0.3, -0.25) is 4.79 Å². The molecule has 4 heteroatoms. The second-order valence-electron chi connectivity index (χ2n) is 6.55. The normalized spacial score (nSPS) is 14.4. The Bertz CT molecular complexity index is 834. The van der Waals surface area contributed by atoms with Crippen LogP contribution in [0.3, 0.4) is 0 Å². The summed E-state index contributed by atoms with van der Waals surface area (Å²) in [7, 11) is 3.19. The lowest BCUT2D eigenvalue weighted by Crippen LogP contribution is -2.27.